The van der Waals surface area contributed by atoms with Crippen LogP contribution in [0.15, 0.2) is 24.3 Å². The van der Waals surface area contributed by atoms with Crippen molar-refractivity contribution in [3.05, 3.63) is 29.8 Å². The van der Waals surface area contributed by atoms with Gasteiger partial charge < -0.3 is 15.1 Å². The molecule has 6 heteroatoms. The summed E-state index contributed by atoms with van der Waals surface area (Å²) in [4.78, 5) is 38.9. The Bertz CT molecular complexity index is 596. The largest absolute Gasteiger partial charge is 0.347 e. The minimum Gasteiger partial charge on any atom is -0.347 e. The number of hydrogen-bond acceptors (Lipinski definition) is 3. The highest BCUT2D eigenvalue weighted by Crippen LogP contribution is 2.25. The van der Waals surface area contributed by atoms with Crippen molar-refractivity contribution in [2.45, 2.75) is 19.8 Å². The quantitative estimate of drug-likeness (QED) is 0.873. The van der Waals surface area contributed by atoms with Crippen molar-refractivity contribution in [2.24, 2.45) is 5.92 Å². The number of carbonyl (C=O) groups excluding carboxylic acids is 3. The van der Waals surface area contributed by atoms with E-state index >= 15 is 0 Å². The Morgan fingerprint density at radius 3 is 2.48 bits per heavy atom. The lowest BCUT2D eigenvalue weighted by Crippen LogP contribution is -2.39. The molecular formula is C17H23N3O3. The van der Waals surface area contributed by atoms with Gasteiger partial charge in [0.15, 0.2) is 0 Å². The summed E-state index contributed by atoms with van der Waals surface area (Å²) in [6, 6.07) is 7.80. The topological polar surface area (TPSA) is 69.7 Å². The SMILES string of the molecule is CCc1ccc(N2C[C@H](C(=O)NCC(=O)N(C)C)CC2=O)cc1. The fourth-order valence-corrected chi connectivity index (χ4v) is 2.51. The lowest BCUT2D eigenvalue weighted by molar-refractivity contribution is -0.132. The van der Waals surface area contributed by atoms with Crippen LogP contribution in [0.3, 0.4) is 0 Å². The molecule has 0 bridgehead atoms. The van der Waals surface area contributed by atoms with Crippen molar-refractivity contribution in [3.63, 3.8) is 0 Å². The number of anilines is 1. The van der Waals surface area contributed by atoms with Crippen molar-refractivity contribution in [1.82, 2.24) is 10.2 Å². The normalized spacial score (nSPS) is 17.3. The number of nitrogens with one attached hydrogen (secondary N) is 1. The maximum Gasteiger partial charge on any atom is 0.241 e. The number of rotatable bonds is 5. The molecule has 1 fully saturated rings. The number of carbonyl (C=O) groups is 3. The minimum absolute atomic E-state index is 0.0400. The Labute approximate surface area is 136 Å². The Balaban J connectivity index is 1.96. The zero-order chi connectivity index (χ0) is 17.0. The summed E-state index contributed by atoms with van der Waals surface area (Å²) in [6.45, 7) is 2.39. The second-order valence-corrected chi connectivity index (χ2v) is 5.93. The molecule has 1 N–H and O–H groups in total. The van der Waals surface area contributed by atoms with Crippen LogP contribution in [-0.4, -0.2) is 49.8 Å². The van der Waals surface area contributed by atoms with Crippen LogP contribution < -0.4 is 10.2 Å². The van der Waals surface area contributed by atoms with Crippen LogP contribution in [0.5, 0.6) is 0 Å². The standard InChI is InChI=1S/C17H23N3O3/c1-4-12-5-7-14(8-6-12)20-11-13(9-15(20)21)17(23)18-10-16(22)19(2)3/h5-8,13H,4,9-11H2,1-3H3,(H,18,23)/t13-/m1/s1. The minimum atomic E-state index is -0.414. The summed E-state index contributed by atoms with van der Waals surface area (Å²) in [7, 11) is 3.27. The number of benzene rings is 1. The van der Waals surface area contributed by atoms with E-state index in [9.17, 15) is 14.4 Å². The Morgan fingerprint density at radius 1 is 1.26 bits per heavy atom. The molecule has 1 saturated heterocycles. The van der Waals surface area contributed by atoms with Crippen molar-refractivity contribution >= 4 is 23.4 Å². The first-order valence-corrected chi connectivity index (χ1v) is 7.79. The predicted octanol–water partition coefficient (Wildman–Crippen LogP) is 0.806. The molecule has 1 aliphatic rings. The van der Waals surface area contributed by atoms with E-state index in [1.54, 1.807) is 19.0 Å². The summed E-state index contributed by atoms with van der Waals surface area (Å²) >= 11 is 0. The number of nitrogens with zero attached hydrogens (tertiary/aromatic N) is 2. The monoisotopic (exact) mass is 317 g/mol. The number of hydrogen-bond donors (Lipinski definition) is 1. The first-order chi connectivity index (χ1) is 10.9. The Kier molecular flexibility index (Phi) is 5.36. The second-order valence-electron chi connectivity index (χ2n) is 5.93. The van der Waals surface area contributed by atoms with E-state index in [0.717, 1.165) is 12.1 Å². The first-order valence-electron chi connectivity index (χ1n) is 7.79. The van der Waals surface area contributed by atoms with Gasteiger partial charge in [-0.3, -0.25) is 14.4 Å². The van der Waals surface area contributed by atoms with Crippen molar-refractivity contribution < 1.29 is 14.4 Å². The lowest BCUT2D eigenvalue weighted by atomic mass is 10.1. The third-order valence-corrected chi connectivity index (χ3v) is 4.06. The average molecular weight is 317 g/mol. The van der Waals surface area contributed by atoms with Crippen LogP contribution in [0.1, 0.15) is 18.9 Å². The fraction of sp³-hybridized carbons (Fsp3) is 0.471. The summed E-state index contributed by atoms with van der Waals surface area (Å²) in [5.41, 5.74) is 2.02. The van der Waals surface area contributed by atoms with E-state index in [4.69, 9.17) is 0 Å². The molecule has 1 aromatic rings. The van der Waals surface area contributed by atoms with Crippen LogP contribution in [0.2, 0.25) is 0 Å². The van der Waals surface area contributed by atoms with Crippen molar-refractivity contribution in [2.75, 3.05) is 32.1 Å². The fourth-order valence-electron chi connectivity index (χ4n) is 2.51. The maximum atomic E-state index is 12.2. The third-order valence-electron chi connectivity index (χ3n) is 4.06. The summed E-state index contributed by atoms with van der Waals surface area (Å²) in [5, 5.41) is 2.61. The van der Waals surface area contributed by atoms with Crippen LogP contribution in [0, 0.1) is 5.92 Å². The highest BCUT2D eigenvalue weighted by Gasteiger charge is 2.35. The maximum absolute atomic E-state index is 12.2. The highest BCUT2D eigenvalue weighted by molar-refractivity contribution is 6.00. The van der Waals surface area contributed by atoms with Gasteiger partial charge in [0.05, 0.1) is 12.5 Å². The smallest absolute Gasteiger partial charge is 0.241 e. The molecule has 0 spiro atoms. The van der Waals surface area contributed by atoms with Crippen LogP contribution in [0.4, 0.5) is 5.69 Å². The Morgan fingerprint density at radius 2 is 1.91 bits per heavy atom. The van der Waals surface area contributed by atoms with Gasteiger partial charge in [-0.1, -0.05) is 19.1 Å². The third kappa shape index (κ3) is 4.09. The molecule has 23 heavy (non-hydrogen) atoms. The van der Waals surface area contributed by atoms with Gasteiger partial charge in [0.1, 0.15) is 0 Å². The van der Waals surface area contributed by atoms with Gasteiger partial charge in [0, 0.05) is 32.7 Å². The van der Waals surface area contributed by atoms with E-state index in [1.165, 1.54) is 10.5 Å². The molecule has 1 aromatic carbocycles. The second kappa shape index (κ2) is 7.26. The van der Waals surface area contributed by atoms with Gasteiger partial charge in [0.25, 0.3) is 0 Å². The molecule has 124 valence electrons. The van der Waals surface area contributed by atoms with Crippen molar-refractivity contribution in [3.8, 4) is 0 Å². The summed E-state index contributed by atoms with van der Waals surface area (Å²) in [5.74, 6) is -0.896. The first kappa shape index (κ1) is 17.0. The van der Waals surface area contributed by atoms with Gasteiger partial charge >= 0.3 is 0 Å². The molecular weight excluding hydrogens is 294 g/mol. The van der Waals surface area contributed by atoms with Gasteiger partial charge in [-0.25, -0.2) is 0 Å². The van der Waals surface area contributed by atoms with E-state index in [0.29, 0.717) is 6.54 Å². The molecule has 0 aromatic heterocycles. The van der Waals surface area contributed by atoms with Gasteiger partial charge in [-0.05, 0) is 24.1 Å². The molecule has 0 radical (unpaired) electrons. The lowest BCUT2D eigenvalue weighted by Gasteiger charge is -2.17. The van der Waals surface area contributed by atoms with Gasteiger partial charge in [0.2, 0.25) is 17.7 Å². The molecule has 0 saturated carbocycles. The average Bonchev–Trinajstić information content (AvgIpc) is 2.94. The molecule has 3 amide bonds. The van der Waals surface area contributed by atoms with E-state index in [2.05, 4.69) is 12.2 Å². The zero-order valence-electron chi connectivity index (χ0n) is 13.8. The molecule has 0 aliphatic carbocycles. The Hall–Kier alpha value is -2.37. The number of likely N-dealkylation sites (N-methyl/N-ethyl adjacent to an activating group) is 1. The van der Waals surface area contributed by atoms with Crippen LogP contribution in [-0.2, 0) is 20.8 Å². The van der Waals surface area contributed by atoms with E-state index in [-0.39, 0.29) is 30.7 Å². The number of aryl methyl sites for hydroxylation is 1. The predicted molar refractivity (Wildman–Crippen MR) is 88.0 cm³/mol. The van der Waals surface area contributed by atoms with Crippen molar-refractivity contribution in [1.29, 1.82) is 0 Å². The molecule has 0 unspecified atom stereocenters. The van der Waals surface area contributed by atoms with Gasteiger partial charge in [-0.15, -0.1) is 0 Å². The highest BCUT2D eigenvalue weighted by atomic mass is 16.2. The zero-order valence-corrected chi connectivity index (χ0v) is 13.8. The van der Waals surface area contributed by atoms with Crippen LogP contribution >= 0.6 is 0 Å². The number of amides is 3. The molecule has 1 aliphatic heterocycles. The van der Waals surface area contributed by atoms with E-state index in [1.807, 2.05) is 24.3 Å². The molecule has 1 heterocycles. The van der Waals surface area contributed by atoms with Gasteiger partial charge in [-0.2, -0.15) is 0 Å². The molecule has 6 nitrogen and oxygen atoms in total. The summed E-state index contributed by atoms with van der Waals surface area (Å²) in [6.07, 6.45) is 1.12. The van der Waals surface area contributed by atoms with E-state index < -0.39 is 5.92 Å². The molecule has 2 rings (SSSR count). The summed E-state index contributed by atoms with van der Waals surface area (Å²) < 4.78 is 0. The van der Waals surface area contributed by atoms with Crippen LogP contribution in [0.25, 0.3) is 0 Å². The molecule has 1 atom stereocenters.